The van der Waals surface area contributed by atoms with E-state index in [9.17, 15) is 13.2 Å². The first-order valence-electron chi connectivity index (χ1n) is 4.79. The number of hydrogen-bond acceptors (Lipinski definition) is 1. The van der Waals surface area contributed by atoms with Crippen molar-refractivity contribution >= 4 is 23.2 Å². The molecule has 0 aliphatic rings. The second kappa shape index (κ2) is 4.94. The Morgan fingerprint density at radius 2 is 1.53 bits per heavy atom. The van der Waals surface area contributed by atoms with Gasteiger partial charge in [-0.1, -0.05) is 36.4 Å². The number of halogens is 4. The number of alkyl halides is 3. The fourth-order valence-corrected chi connectivity index (χ4v) is 1.59. The first-order valence-corrected chi connectivity index (χ1v) is 4.79. The van der Waals surface area contributed by atoms with E-state index < -0.39 is 12.2 Å². The zero-order valence-corrected chi connectivity index (χ0v) is 9.55. The van der Waals surface area contributed by atoms with Crippen LogP contribution in [0.2, 0.25) is 0 Å². The van der Waals surface area contributed by atoms with Gasteiger partial charge in [0.25, 0.3) is 0 Å². The van der Waals surface area contributed by atoms with Crippen molar-refractivity contribution in [1.29, 1.82) is 0 Å². The van der Waals surface area contributed by atoms with Gasteiger partial charge in [-0.05, 0) is 22.4 Å². The highest BCUT2D eigenvalue weighted by atomic mass is 35.5. The monoisotopic (exact) mass is 261 g/mol. The van der Waals surface area contributed by atoms with Gasteiger partial charge in [0.2, 0.25) is 0 Å². The molecule has 0 bridgehead atoms. The summed E-state index contributed by atoms with van der Waals surface area (Å²) in [6.07, 6.45) is -4.40. The fourth-order valence-electron chi connectivity index (χ4n) is 1.59. The second-order valence-corrected chi connectivity index (χ2v) is 3.63. The van der Waals surface area contributed by atoms with Crippen LogP contribution < -0.4 is 5.73 Å². The molecule has 0 saturated carbocycles. The van der Waals surface area contributed by atoms with E-state index in [1.165, 1.54) is 12.1 Å². The summed E-state index contributed by atoms with van der Waals surface area (Å²) in [6, 6.07) is 9.86. The third-order valence-electron chi connectivity index (χ3n) is 2.49. The molecule has 0 aliphatic carbocycles. The Morgan fingerprint density at radius 3 is 2.12 bits per heavy atom. The Morgan fingerprint density at radius 1 is 0.941 bits per heavy atom. The van der Waals surface area contributed by atoms with Gasteiger partial charge in [-0.15, -0.1) is 12.4 Å². The van der Waals surface area contributed by atoms with E-state index in [4.69, 9.17) is 5.73 Å². The van der Waals surface area contributed by atoms with Crippen LogP contribution in [0.5, 0.6) is 0 Å². The minimum atomic E-state index is -4.40. The molecule has 2 N–H and O–H groups in total. The van der Waals surface area contributed by atoms with Crippen molar-refractivity contribution in [3.63, 3.8) is 0 Å². The zero-order valence-electron chi connectivity index (χ0n) is 8.74. The molecule has 0 aliphatic heterocycles. The third-order valence-corrected chi connectivity index (χ3v) is 2.49. The Hall–Kier alpha value is -1.26. The molecule has 0 fully saturated rings. The summed E-state index contributed by atoms with van der Waals surface area (Å²) >= 11 is 0. The molecule has 0 spiro atoms. The minimum absolute atomic E-state index is 0. The van der Waals surface area contributed by atoms with Crippen molar-refractivity contribution in [2.45, 2.75) is 12.2 Å². The highest BCUT2D eigenvalue weighted by molar-refractivity contribution is 5.85. The van der Waals surface area contributed by atoms with E-state index in [-0.39, 0.29) is 18.0 Å². The van der Waals surface area contributed by atoms with Crippen molar-refractivity contribution in [1.82, 2.24) is 0 Å². The SMILES string of the molecule is Cl.N[C@@H](c1ccc2ccccc2c1)C(F)(F)F. The van der Waals surface area contributed by atoms with Crippen LogP contribution in [0, 0.1) is 0 Å². The molecular formula is C12H11ClF3N. The van der Waals surface area contributed by atoms with Gasteiger partial charge in [-0.25, -0.2) is 0 Å². The molecule has 0 radical (unpaired) electrons. The lowest BCUT2D eigenvalue weighted by Gasteiger charge is -2.16. The molecule has 1 atom stereocenters. The van der Waals surface area contributed by atoms with Crippen molar-refractivity contribution in [3.8, 4) is 0 Å². The first kappa shape index (κ1) is 13.8. The zero-order chi connectivity index (χ0) is 11.8. The van der Waals surface area contributed by atoms with E-state index in [0.29, 0.717) is 0 Å². The van der Waals surface area contributed by atoms with Gasteiger partial charge in [-0.3, -0.25) is 0 Å². The van der Waals surface area contributed by atoms with Crippen LogP contribution in [0.15, 0.2) is 42.5 Å². The van der Waals surface area contributed by atoms with Crippen molar-refractivity contribution in [2.24, 2.45) is 5.73 Å². The van der Waals surface area contributed by atoms with Crippen LogP contribution >= 0.6 is 12.4 Å². The summed E-state index contributed by atoms with van der Waals surface area (Å²) in [5.74, 6) is 0. The summed E-state index contributed by atoms with van der Waals surface area (Å²) in [5, 5.41) is 1.67. The molecule has 1 nitrogen and oxygen atoms in total. The molecule has 0 aromatic heterocycles. The van der Waals surface area contributed by atoms with Crippen molar-refractivity contribution in [2.75, 3.05) is 0 Å². The molecule has 92 valence electrons. The highest BCUT2D eigenvalue weighted by Crippen LogP contribution is 2.31. The molecule has 2 rings (SSSR count). The maximum atomic E-state index is 12.4. The van der Waals surface area contributed by atoms with Gasteiger partial charge in [0.05, 0.1) is 0 Å². The predicted molar refractivity (Wildman–Crippen MR) is 64.2 cm³/mol. The third kappa shape index (κ3) is 2.90. The molecule has 2 aromatic carbocycles. The van der Waals surface area contributed by atoms with Gasteiger partial charge in [0.1, 0.15) is 6.04 Å². The summed E-state index contributed by atoms with van der Waals surface area (Å²) in [5.41, 5.74) is 5.23. The fraction of sp³-hybridized carbons (Fsp3) is 0.167. The number of fused-ring (bicyclic) bond motifs is 1. The van der Waals surface area contributed by atoms with Crippen LogP contribution in [-0.2, 0) is 0 Å². The summed E-state index contributed by atoms with van der Waals surface area (Å²) in [4.78, 5) is 0. The number of rotatable bonds is 1. The van der Waals surface area contributed by atoms with E-state index >= 15 is 0 Å². The maximum absolute atomic E-state index is 12.4. The van der Waals surface area contributed by atoms with Gasteiger partial charge in [0.15, 0.2) is 0 Å². The Bertz CT molecular complexity index is 510. The van der Waals surface area contributed by atoms with Gasteiger partial charge >= 0.3 is 6.18 Å². The molecule has 0 saturated heterocycles. The molecule has 2 aromatic rings. The normalized spacial score (nSPS) is 13.2. The van der Waals surface area contributed by atoms with Gasteiger partial charge < -0.3 is 5.73 Å². The molecule has 0 heterocycles. The number of nitrogens with two attached hydrogens (primary N) is 1. The highest BCUT2D eigenvalue weighted by Gasteiger charge is 2.37. The van der Waals surface area contributed by atoms with E-state index in [1.54, 1.807) is 18.2 Å². The van der Waals surface area contributed by atoms with Crippen LogP contribution in [0.3, 0.4) is 0 Å². The molecule has 17 heavy (non-hydrogen) atoms. The van der Waals surface area contributed by atoms with Crippen LogP contribution in [0.4, 0.5) is 13.2 Å². The van der Waals surface area contributed by atoms with E-state index in [0.717, 1.165) is 10.8 Å². The van der Waals surface area contributed by atoms with Crippen LogP contribution in [0.1, 0.15) is 11.6 Å². The second-order valence-electron chi connectivity index (χ2n) is 3.63. The first-order chi connectivity index (χ1) is 7.48. The Balaban J connectivity index is 0.00000144. The largest absolute Gasteiger partial charge is 0.407 e. The topological polar surface area (TPSA) is 26.0 Å². The summed E-state index contributed by atoms with van der Waals surface area (Å²) in [6.45, 7) is 0. The lowest BCUT2D eigenvalue weighted by Crippen LogP contribution is -2.28. The summed E-state index contributed by atoms with van der Waals surface area (Å²) < 4.78 is 37.2. The average Bonchev–Trinajstić information content (AvgIpc) is 2.26. The average molecular weight is 262 g/mol. The number of hydrogen-bond donors (Lipinski definition) is 1. The quantitative estimate of drug-likeness (QED) is 0.830. The smallest absolute Gasteiger partial charge is 0.316 e. The minimum Gasteiger partial charge on any atom is -0.316 e. The number of benzene rings is 2. The maximum Gasteiger partial charge on any atom is 0.407 e. The Labute approximate surface area is 103 Å². The molecular weight excluding hydrogens is 251 g/mol. The molecule has 0 unspecified atom stereocenters. The summed E-state index contributed by atoms with van der Waals surface area (Å²) in [7, 11) is 0. The Kier molecular flexibility index (Phi) is 4.01. The molecule has 0 amide bonds. The van der Waals surface area contributed by atoms with Crippen LogP contribution in [-0.4, -0.2) is 6.18 Å². The lowest BCUT2D eigenvalue weighted by molar-refractivity contribution is -0.149. The van der Waals surface area contributed by atoms with Crippen molar-refractivity contribution in [3.05, 3.63) is 48.0 Å². The van der Waals surface area contributed by atoms with Crippen LogP contribution in [0.25, 0.3) is 10.8 Å². The van der Waals surface area contributed by atoms with Gasteiger partial charge in [0, 0.05) is 0 Å². The van der Waals surface area contributed by atoms with Crippen molar-refractivity contribution < 1.29 is 13.2 Å². The predicted octanol–water partition coefficient (Wildman–Crippen LogP) is 3.82. The standard InChI is InChI=1S/C12H10F3N.ClH/c13-12(14,15)11(16)10-6-5-8-3-1-2-4-9(8)7-10;/h1-7,11H,16H2;1H/t11-;/m0./s1. The lowest BCUT2D eigenvalue weighted by atomic mass is 10.0. The van der Waals surface area contributed by atoms with Gasteiger partial charge in [-0.2, -0.15) is 13.2 Å². The van der Waals surface area contributed by atoms with E-state index in [2.05, 4.69) is 0 Å². The molecule has 5 heteroatoms. The van der Waals surface area contributed by atoms with E-state index in [1.807, 2.05) is 12.1 Å².